The highest BCUT2D eigenvalue weighted by atomic mass is 35.5. The molecule has 5 N–H and O–H groups in total. The Morgan fingerprint density at radius 2 is 1.02 bits per heavy atom. The van der Waals surface area contributed by atoms with Gasteiger partial charge in [-0.2, -0.15) is 5.26 Å². The average Bonchev–Trinajstić information content (AvgIpc) is 4.11. The van der Waals surface area contributed by atoms with E-state index in [2.05, 4.69) is 41.3 Å². The lowest BCUT2D eigenvalue weighted by molar-refractivity contribution is 0.0935. The van der Waals surface area contributed by atoms with Gasteiger partial charge in [-0.05, 0) is 102 Å². The number of amides is 3. The van der Waals surface area contributed by atoms with Gasteiger partial charge in [0.1, 0.15) is 34.3 Å². The molecule has 0 radical (unpaired) electrons. The number of fused-ring (bicyclic) bond motifs is 3. The maximum atomic E-state index is 13.3. The molecule has 0 bridgehead atoms. The summed E-state index contributed by atoms with van der Waals surface area (Å²) in [5.41, 5.74) is 16.8. The summed E-state index contributed by atoms with van der Waals surface area (Å²) in [6.07, 6.45) is 11.3. The summed E-state index contributed by atoms with van der Waals surface area (Å²) in [6, 6.07) is 31.7. The molecule has 65 heavy (non-hydrogen) atoms. The second-order valence-corrected chi connectivity index (χ2v) is 15.2. The van der Waals surface area contributed by atoms with Crippen LogP contribution >= 0.6 is 11.6 Å². The number of nitrogens with zero attached hydrogens (tertiary/aromatic N) is 7. The van der Waals surface area contributed by atoms with Crippen molar-refractivity contribution >= 4 is 62.0 Å². The number of nitrogens with one attached hydrogen (secondary N) is 1. The van der Waals surface area contributed by atoms with Crippen LogP contribution in [0.4, 0.5) is 8.78 Å². The minimum atomic E-state index is -0.717. The number of halogens is 3. The predicted molar refractivity (Wildman–Crippen MR) is 242 cm³/mol. The lowest BCUT2D eigenvalue weighted by Gasteiger charge is -2.10. The predicted octanol–water partition coefficient (Wildman–Crippen LogP) is 8.81. The van der Waals surface area contributed by atoms with Crippen LogP contribution in [-0.2, 0) is 0 Å². The van der Waals surface area contributed by atoms with Gasteiger partial charge >= 0.3 is 0 Å². The van der Waals surface area contributed by atoms with Crippen LogP contribution in [0, 0.1) is 23.0 Å². The summed E-state index contributed by atoms with van der Waals surface area (Å²) in [4.78, 5) is 60.4. The number of carbonyl (C=O) groups is 3. The first-order chi connectivity index (χ1) is 31.4. The molecule has 0 atom stereocenters. The summed E-state index contributed by atoms with van der Waals surface area (Å²) in [7, 11) is 0. The van der Waals surface area contributed by atoms with Crippen molar-refractivity contribution in [3.05, 3.63) is 180 Å². The average molecular weight is 883 g/mol. The maximum absolute atomic E-state index is 13.3. The number of benzene rings is 3. The molecule has 3 aromatic carbocycles. The van der Waals surface area contributed by atoms with Crippen LogP contribution in [0.5, 0.6) is 0 Å². The van der Waals surface area contributed by atoms with E-state index in [4.69, 9.17) is 28.3 Å². The quantitative estimate of drug-likeness (QED) is 0.138. The smallest absolute Gasteiger partial charge is 0.271 e. The molecular weight excluding hydrogens is 850 g/mol. The van der Waals surface area contributed by atoms with Crippen LogP contribution in [0.1, 0.15) is 44.3 Å². The highest BCUT2D eigenvalue weighted by Crippen LogP contribution is 2.35. The van der Waals surface area contributed by atoms with Crippen LogP contribution in [0.15, 0.2) is 146 Å². The van der Waals surface area contributed by atoms with Gasteiger partial charge < -0.3 is 16.8 Å². The molecule has 0 aliphatic heterocycles. The number of nitriles is 1. The Bertz CT molecular complexity index is 3340. The molecule has 0 spiro atoms. The maximum Gasteiger partial charge on any atom is 0.271 e. The number of pyridine rings is 6. The third kappa shape index (κ3) is 9.73. The number of rotatable bonds is 7. The SMILES string of the molecule is N#CC1(NC(=O)c2ccc3cncc(-c4ccc(Cl)cc4)c3n2)CC1.NC(=O)c1ccc2cncc(-c3ccc(F)cc3)c2n1.NC(=O)c1ccc2cncc(-c3cccc(F)c3)c2n1. The van der Waals surface area contributed by atoms with Gasteiger partial charge in [0, 0.05) is 75.1 Å². The molecule has 0 unspecified atom stereocenters. The standard InChI is InChI=1S/C19H13ClN4O.2C15H10FN3O/c20-14-4-1-12(2-5-14)15-10-22-9-13-3-6-16(23-17(13)15)18(25)24-19(11-21)7-8-19;16-11-4-1-9(2-5-11)12-8-18-7-10-3-6-13(15(17)20)19-14(10)12;16-11-3-1-2-9(6-11)12-8-18-7-10-4-5-13(15(17)20)19-14(10)12/h1-6,9-10H,7-8H2,(H,24,25);2*1-8H,(H2,17,20). The molecule has 1 fully saturated rings. The number of nitrogens with two attached hydrogens (primary N) is 2. The Morgan fingerprint density at radius 1 is 0.569 bits per heavy atom. The summed E-state index contributed by atoms with van der Waals surface area (Å²) < 4.78 is 26.3. The van der Waals surface area contributed by atoms with E-state index in [1.165, 1.54) is 24.3 Å². The molecule has 3 amide bonds. The van der Waals surface area contributed by atoms with Gasteiger partial charge in [0.25, 0.3) is 17.7 Å². The molecule has 16 heteroatoms. The summed E-state index contributed by atoms with van der Waals surface area (Å²) in [5.74, 6) is -2.18. The monoisotopic (exact) mass is 882 g/mol. The summed E-state index contributed by atoms with van der Waals surface area (Å²) in [5, 5.41) is 14.9. The van der Waals surface area contributed by atoms with Crippen molar-refractivity contribution in [2.45, 2.75) is 18.4 Å². The van der Waals surface area contributed by atoms with Crippen molar-refractivity contribution < 1.29 is 23.2 Å². The van der Waals surface area contributed by atoms with E-state index in [9.17, 15) is 23.2 Å². The lowest BCUT2D eigenvalue weighted by atomic mass is 10.0. The fraction of sp³-hybridized carbons (Fsp3) is 0.0612. The molecule has 1 aliphatic carbocycles. The van der Waals surface area contributed by atoms with Crippen LogP contribution in [0.25, 0.3) is 66.1 Å². The van der Waals surface area contributed by atoms with E-state index in [1.54, 1.807) is 104 Å². The minimum Gasteiger partial charge on any atom is -0.364 e. The summed E-state index contributed by atoms with van der Waals surface area (Å²) >= 11 is 5.95. The van der Waals surface area contributed by atoms with Gasteiger partial charge in [-0.25, -0.2) is 23.7 Å². The van der Waals surface area contributed by atoms with Gasteiger partial charge in [0.05, 0.1) is 22.6 Å². The van der Waals surface area contributed by atoms with E-state index in [-0.39, 0.29) is 34.6 Å². The van der Waals surface area contributed by atoms with Gasteiger partial charge in [-0.15, -0.1) is 0 Å². The van der Waals surface area contributed by atoms with Gasteiger partial charge in [0.2, 0.25) is 0 Å². The Balaban J connectivity index is 0.000000134. The highest BCUT2D eigenvalue weighted by molar-refractivity contribution is 6.30. The molecule has 10 rings (SSSR count). The van der Waals surface area contributed by atoms with E-state index < -0.39 is 17.4 Å². The zero-order valence-corrected chi connectivity index (χ0v) is 34.7. The van der Waals surface area contributed by atoms with Crippen LogP contribution in [0.2, 0.25) is 5.02 Å². The zero-order chi connectivity index (χ0) is 45.7. The Labute approximate surface area is 373 Å². The molecule has 1 aliphatic rings. The molecule has 1 saturated carbocycles. The lowest BCUT2D eigenvalue weighted by Crippen LogP contribution is -2.36. The van der Waals surface area contributed by atoms with Crippen LogP contribution in [0.3, 0.4) is 0 Å². The second kappa shape index (κ2) is 18.4. The van der Waals surface area contributed by atoms with E-state index in [0.29, 0.717) is 45.5 Å². The molecule has 6 aromatic heterocycles. The van der Waals surface area contributed by atoms with Crippen molar-refractivity contribution in [2.24, 2.45) is 11.5 Å². The molecule has 9 aromatic rings. The number of primary amides is 2. The Hall–Kier alpha value is -8.61. The first-order valence-corrected chi connectivity index (χ1v) is 20.1. The normalized spacial score (nSPS) is 12.2. The van der Waals surface area contributed by atoms with Crippen molar-refractivity contribution in [3.8, 4) is 39.4 Å². The number of hydrogen-bond donors (Lipinski definition) is 3. The summed E-state index contributed by atoms with van der Waals surface area (Å²) in [6.45, 7) is 0. The largest absolute Gasteiger partial charge is 0.364 e. The first kappa shape index (κ1) is 43.1. The Kier molecular flexibility index (Phi) is 12.2. The van der Waals surface area contributed by atoms with Crippen molar-refractivity contribution in [1.29, 1.82) is 5.26 Å². The van der Waals surface area contributed by atoms with Gasteiger partial charge in [-0.3, -0.25) is 29.3 Å². The number of aromatic nitrogens is 6. The molecule has 13 nitrogen and oxygen atoms in total. The third-order valence-corrected chi connectivity index (χ3v) is 10.5. The molecule has 6 heterocycles. The fourth-order valence-corrected chi connectivity index (χ4v) is 6.88. The molecule has 0 saturated heterocycles. The van der Waals surface area contributed by atoms with Crippen molar-refractivity contribution in [3.63, 3.8) is 0 Å². The third-order valence-electron chi connectivity index (χ3n) is 10.3. The molecule has 318 valence electrons. The minimum absolute atomic E-state index is 0.168. The molecular formula is C49H33ClF2N10O3. The fourth-order valence-electron chi connectivity index (χ4n) is 6.75. The topological polar surface area (TPSA) is 216 Å². The second-order valence-electron chi connectivity index (χ2n) is 14.8. The van der Waals surface area contributed by atoms with Gasteiger partial charge in [-0.1, -0.05) is 48.0 Å². The van der Waals surface area contributed by atoms with Crippen LogP contribution in [-0.4, -0.2) is 53.2 Å². The first-order valence-electron chi connectivity index (χ1n) is 19.8. The van der Waals surface area contributed by atoms with E-state index in [0.717, 1.165) is 38.4 Å². The van der Waals surface area contributed by atoms with Gasteiger partial charge in [0.15, 0.2) is 0 Å². The van der Waals surface area contributed by atoms with E-state index in [1.807, 2.05) is 18.2 Å². The number of carbonyl (C=O) groups excluding carboxylic acids is 3. The number of hydrogen-bond acceptors (Lipinski definition) is 10. The van der Waals surface area contributed by atoms with Crippen LogP contribution < -0.4 is 16.8 Å². The van der Waals surface area contributed by atoms with Crippen molar-refractivity contribution in [2.75, 3.05) is 0 Å². The van der Waals surface area contributed by atoms with Crippen molar-refractivity contribution in [1.82, 2.24) is 35.2 Å². The Morgan fingerprint density at radius 3 is 1.46 bits per heavy atom. The van der Waals surface area contributed by atoms with E-state index >= 15 is 0 Å². The zero-order valence-electron chi connectivity index (χ0n) is 33.9. The highest BCUT2D eigenvalue weighted by Gasteiger charge is 2.45.